The molecule has 152 valence electrons. The lowest BCUT2D eigenvalue weighted by Crippen LogP contribution is -2.25. The van der Waals surface area contributed by atoms with Gasteiger partial charge in [-0.15, -0.1) is 0 Å². The van der Waals surface area contributed by atoms with Gasteiger partial charge in [0.1, 0.15) is 22.1 Å². The predicted molar refractivity (Wildman–Crippen MR) is 107 cm³/mol. The number of hydrogen-bond donors (Lipinski definition) is 4. The number of aromatic hydroxyl groups is 1. The second kappa shape index (κ2) is 7.10. The van der Waals surface area contributed by atoms with E-state index in [9.17, 15) is 18.3 Å². The summed E-state index contributed by atoms with van der Waals surface area (Å²) in [6.07, 6.45) is 1.49. The third-order valence-electron chi connectivity index (χ3n) is 4.34. The van der Waals surface area contributed by atoms with Crippen molar-refractivity contribution in [1.29, 1.82) is 0 Å². The molecule has 1 heterocycles. The van der Waals surface area contributed by atoms with Crippen LogP contribution in [0.5, 0.6) is 17.2 Å². The Morgan fingerprint density at radius 1 is 1.21 bits per heavy atom. The number of aromatic carboxylic acids is 1. The van der Waals surface area contributed by atoms with Gasteiger partial charge in [0.15, 0.2) is 5.75 Å². The number of H-pyrrole nitrogens is 1. The van der Waals surface area contributed by atoms with Crippen LogP contribution in [0.1, 0.15) is 23.3 Å². The van der Waals surface area contributed by atoms with Crippen molar-refractivity contribution in [2.75, 3.05) is 0 Å². The number of nitrogens with one attached hydrogen (secondary N) is 2. The standard InChI is InChI=1S/C18H14Cl2N2O6S/c19-11-7-12-10(6-13(21-12)18(24)25)16(20)17(11)28-9-3-4-14(23)15(5-9)29(26,27)22-8-1-2-8/h3-8,21-23H,1-2H2,(H,24,25). The normalized spacial score (nSPS) is 14.3. The van der Waals surface area contributed by atoms with Gasteiger partial charge < -0.3 is 19.9 Å². The van der Waals surface area contributed by atoms with Crippen molar-refractivity contribution < 1.29 is 28.2 Å². The summed E-state index contributed by atoms with van der Waals surface area (Å²) in [5.74, 6) is -1.47. The first-order chi connectivity index (χ1) is 13.7. The molecule has 0 atom stereocenters. The molecule has 1 aliphatic rings. The molecule has 0 unspecified atom stereocenters. The molecule has 3 aromatic rings. The lowest BCUT2D eigenvalue weighted by molar-refractivity contribution is 0.0691. The van der Waals surface area contributed by atoms with Crippen molar-refractivity contribution >= 4 is 50.1 Å². The minimum Gasteiger partial charge on any atom is -0.507 e. The molecule has 0 saturated heterocycles. The molecule has 0 spiro atoms. The van der Waals surface area contributed by atoms with Crippen LogP contribution in [0.4, 0.5) is 0 Å². The Hall–Kier alpha value is -2.46. The van der Waals surface area contributed by atoms with Gasteiger partial charge in [-0.05, 0) is 37.1 Å². The summed E-state index contributed by atoms with van der Waals surface area (Å²) >= 11 is 12.6. The maximum atomic E-state index is 12.4. The number of ether oxygens (including phenoxy) is 1. The van der Waals surface area contributed by atoms with Crippen LogP contribution in [0.25, 0.3) is 10.9 Å². The van der Waals surface area contributed by atoms with Crippen molar-refractivity contribution in [2.24, 2.45) is 0 Å². The van der Waals surface area contributed by atoms with Gasteiger partial charge in [-0.2, -0.15) is 0 Å². The Labute approximate surface area is 175 Å². The molecule has 1 aliphatic carbocycles. The van der Waals surface area contributed by atoms with Crippen molar-refractivity contribution in [3.8, 4) is 17.2 Å². The minimum atomic E-state index is -3.92. The van der Waals surface area contributed by atoms with Crippen LogP contribution < -0.4 is 9.46 Å². The van der Waals surface area contributed by atoms with Gasteiger partial charge in [0.2, 0.25) is 10.0 Å². The number of phenols is 1. The van der Waals surface area contributed by atoms with Crippen LogP contribution in [0.2, 0.25) is 10.0 Å². The van der Waals surface area contributed by atoms with E-state index in [-0.39, 0.29) is 38.2 Å². The number of aromatic nitrogens is 1. The van der Waals surface area contributed by atoms with E-state index in [0.29, 0.717) is 10.9 Å². The zero-order valence-corrected chi connectivity index (χ0v) is 16.9. The summed E-state index contributed by atoms with van der Waals surface area (Å²) in [7, 11) is -3.92. The van der Waals surface area contributed by atoms with Crippen molar-refractivity contribution in [2.45, 2.75) is 23.8 Å². The second-order valence-electron chi connectivity index (χ2n) is 6.58. The van der Waals surface area contributed by atoms with E-state index < -0.39 is 21.7 Å². The van der Waals surface area contributed by atoms with E-state index in [2.05, 4.69) is 9.71 Å². The molecule has 0 amide bonds. The monoisotopic (exact) mass is 456 g/mol. The summed E-state index contributed by atoms with van der Waals surface area (Å²) in [6.45, 7) is 0. The number of fused-ring (bicyclic) bond motifs is 1. The van der Waals surface area contributed by atoms with Crippen LogP contribution in [0.3, 0.4) is 0 Å². The molecule has 0 bridgehead atoms. The van der Waals surface area contributed by atoms with E-state index in [1.54, 1.807) is 0 Å². The number of carboxylic acid groups (broad SMARTS) is 1. The van der Waals surface area contributed by atoms with Crippen LogP contribution in [0.15, 0.2) is 35.2 Å². The van der Waals surface area contributed by atoms with Crippen LogP contribution in [0, 0.1) is 0 Å². The molecular weight excluding hydrogens is 443 g/mol. The van der Waals surface area contributed by atoms with Gasteiger partial charge in [0, 0.05) is 23.0 Å². The van der Waals surface area contributed by atoms with Crippen LogP contribution in [-0.2, 0) is 10.0 Å². The number of phenolic OH excluding ortho intramolecular Hbond substituents is 1. The Balaban J connectivity index is 1.73. The first-order valence-corrected chi connectivity index (χ1v) is 10.7. The first kappa shape index (κ1) is 19.8. The number of rotatable bonds is 6. The summed E-state index contributed by atoms with van der Waals surface area (Å²) in [5, 5.41) is 19.6. The zero-order chi connectivity index (χ0) is 20.9. The maximum Gasteiger partial charge on any atom is 0.352 e. The number of halogens is 2. The molecule has 8 nitrogen and oxygen atoms in total. The second-order valence-corrected chi connectivity index (χ2v) is 9.05. The molecule has 4 N–H and O–H groups in total. The average Bonchev–Trinajstić information content (AvgIpc) is 3.34. The Bertz CT molecular complexity index is 1250. The summed E-state index contributed by atoms with van der Waals surface area (Å²) in [5.41, 5.74) is 0.339. The molecule has 11 heteroatoms. The molecule has 1 aromatic heterocycles. The van der Waals surface area contributed by atoms with Gasteiger partial charge in [0.25, 0.3) is 0 Å². The minimum absolute atomic E-state index is 0.0287. The third-order valence-corrected chi connectivity index (χ3v) is 6.55. The maximum absolute atomic E-state index is 12.4. The number of sulfonamides is 1. The number of hydrogen-bond acceptors (Lipinski definition) is 5. The summed E-state index contributed by atoms with van der Waals surface area (Å²) in [4.78, 5) is 13.5. The molecule has 1 saturated carbocycles. The highest BCUT2D eigenvalue weighted by Gasteiger charge is 2.30. The molecule has 1 fully saturated rings. The lowest BCUT2D eigenvalue weighted by atomic mass is 10.2. The number of aromatic amines is 1. The SMILES string of the molecule is O=C(O)c1cc2c(Cl)c(Oc3ccc(O)c(S(=O)(=O)NC4CC4)c3)c(Cl)cc2[nH]1. The predicted octanol–water partition coefficient (Wildman–Crippen LogP) is 4.11. The van der Waals surface area contributed by atoms with Crippen molar-refractivity contribution in [3.63, 3.8) is 0 Å². The average molecular weight is 457 g/mol. The van der Waals surface area contributed by atoms with Crippen molar-refractivity contribution in [3.05, 3.63) is 46.1 Å². The van der Waals surface area contributed by atoms with Crippen molar-refractivity contribution in [1.82, 2.24) is 9.71 Å². The van der Waals surface area contributed by atoms with E-state index in [1.165, 1.54) is 24.3 Å². The van der Waals surface area contributed by atoms with Gasteiger partial charge >= 0.3 is 5.97 Å². The fourth-order valence-electron chi connectivity index (χ4n) is 2.77. The molecule has 29 heavy (non-hydrogen) atoms. The summed E-state index contributed by atoms with van der Waals surface area (Å²) in [6, 6.07) is 6.38. The van der Waals surface area contributed by atoms with E-state index in [0.717, 1.165) is 18.9 Å². The Morgan fingerprint density at radius 3 is 2.59 bits per heavy atom. The summed E-state index contributed by atoms with van der Waals surface area (Å²) < 4.78 is 33.1. The topological polar surface area (TPSA) is 129 Å². The Kier molecular flexibility index (Phi) is 4.86. The highest BCUT2D eigenvalue weighted by atomic mass is 35.5. The lowest BCUT2D eigenvalue weighted by Gasteiger charge is -2.13. The molecule has 4 rings (SSSR count). The van der Waals surface area contributed by atoms with E-state index >= 15 is 0 Å². The number of carboxylic acids is 1. The number of benzene rings is 2. The van der Waals surface area contributed by atoms with Crippen LogP contribution >= 0.6 is 23.2 Å². The van der Waals surface area contributed by atoms with Crippen LogP contribution in [-0.4, -0.2) is 35.6 Å². The fourth-order valence-corrected chi connectivity index (χ4v) is 4.77. The smallest absolute Gasteiger partial charge is 0.352 e. The molecule has 0 radical (unpaired) electrons. The van der Waals surface area contributed by atoms with Gasteiger partial charge in [-0.3, -0.25) is 0 Å². The Morgan fingerprint density at radius 2 is 1.93 bits per heavy atom. The van der Waals surface area contributed by atoms with Gasteiger partial charge in [-0.25, -0.2) is 17.9 Å². The highest BCUT2D eigenvalue weighted by Crippen LogP contribution is 2.42. The molecule has 0 aliphatic heterocycles. The largest absolute Gasteiger partial charge is 0.507 e. The van der Waals surface area contributed by atoms with E-state index in [4.69, 9.17) is 33.0 Å². The third kappa shape index (κ3) is 3.86. The number of carbonyl (C=O) groups is 1. The quantitative estimate of drug-likeness (QED) is 0.441. The zero-order valence-electron chi connectivity index (χ0n) is 14.6. The highest BCUT2D eigenvalue weighted by molar-refractivity contribution is 7.89. The first-order valence-electron chi connectivity index (χ1n) is 8.43. The van der Waals surface area contributed by atoms with Gasteiger partial charge in [-0.1, -0.05) is 23.2 Å². The van der Waals surface area contributed by atoms with E-state index in [1.807, 2.05) is 0 Å². The fraction of sp³-hybridized carbons (Fsp3) is 0.167. The molecule has 2 aromatic carbocycles. The van der Waals surface area contributed by atoms with Gasteiger partial charge in [0.05, 0.1) is 10.0 Å². The molecular formula is C18H14Cl2N2O6S.